The molecule has 1 aromatic carbocycles. The topological polar surface area (TPSA) is 54.4 Å². The van der Waals surface area contributed by atoms with E-state index in [1.165, 1.54) is 0 Å². The van der Waals surface area contributed by atoms with Crippen molar-refractivity contribution in [2.24, 2.45) is 0 Å². The van der Waals surface area contributed by atoms with E-state index in [0.29, 0.717) is 17.7 Å². The third kappa shape index (κ3) is 4.30. The predicted molar refractivity (Wildman–Crippen MR) is 87.3 cm³/mol. The first-order chi connectivity index (χ1) is 9.64. The van der Waals surface area contributed by atoms with Crippen LogP contribution in [-0.2, 0) is 15.3 Å². The van der Waals surface area contributed by atoms with E-state index in [1.54, 1.807) is 12.1 Å². The van der Waals surface area contributed by atoms with Gasteiger partial charge in [-0.3, -0.25) is 0 Å². The van der Waals surface area contributed by atoms with Gasteiger partial charge in [0.15, 0.2) is 9.84 Å². The summed E-state index contributed by atoms with van der Waals surface area (Å²) in [7, 11) is -3.48. The third-order valence-electron chi connectivity index (χ3n) is 3.86. The Bertz CT molecular complexity index is 538. The molecule has 0 amide bonds. The zero-order chi connectivity index (χ0) is 16.3. The van der Waals surface area contributed by atoms with E-state index in [4.69, 9.17) is 0 Å². The summed E-state index contributed by atoms with van der Waals surface area (Å²) in [6.07, 6.45) is 0.908. The largest absolute Gasteiger partial charge is 0.392 e. The second-order valence-electron chi connectivity index (χ2n) is 6.62. The molecular formula is C17H28O3S. The summed E-state index contributed by atoms with van der Waals surface area (Å²) in [5.74, 6) is 0. The lowest BCUT2D eigenvalue weighted by atomic mass is 9.87. The highest BCUT2D eigenvalue weighted by molar-refractivity contribution is 7.92. The zero-order valence-corrected chi connectivity index (χ0v) is 14.6. The van der Waals surface area contributed by atoms with E-state index < -0.39 is 21.2 Å². The number of hydrogen-bond donors (Lipinski definition) is 1. The summed E-state index contributed by atoms with van der Waals surface area (Å²) in [5, 5.41) is 9.39. The van der Waals surface area contributed by atoms with Crippen molar-refractivity contribution in [1.29, 1.82) is 0 Å². The Labute approximate surface area is 129 Å². The lowest BCUT2D eigenvalue weighted by Gasteiger charge is -2.23. The van der Waals surface area contributed by atoms with Crippen LogP contribution in [0, 0.1) is 0 Å². The van der Waals surface area contributed by atoms with Gasteiger partial charge in [-0.15, -0.1) is 0 Å². The third-order valence-corrected chi connectivity index (χ3v) is 6.24. The molecule has 21 heavy (non-hydrogen) atoms. The van der Waals surface area contributed by atoms with Crippen LogP contribution >= 0.6 is 0 Å². The van der Waals surface area contributed by atoms with Gasteiger partial charge in [-0.1, -0.05) is 53.2 Å². The van der Waals surface area contributed by atoms with Gasteiger partial charge in [-0.2, -0.15) is 0 Å². The van der Waals surface area contributed by atoms with Gasteiger partial charge in [0.2, 0.25) is 0 Å². The van der Waals surface area contributed by atoms with Gasteiger partial charge in [-0.25, -0.2) is 8.42 Å². The molecule has 2 atom stereocenters. The highest BCUT2D eigenvalue weighted by atomic mass is 32.2. The van der Waals surface area contributed by atoms with Gasteiger partial charge in [-0.05, 0) is 36.0 Å². The molecule has 2 unspecified atom stereocenters. The van der Waals surface area contributed by atoms with Gasteiger partial charge in [0.1, 0.15) is 0 Å². The van der Waals surface area contributed by atoms with Gasteiger partial charge in [0.25, 0.3) is 0 Å². The summed E-state index contributed by atoms with van der Waals surface area (Å²) in [6, 6.07) is 7.06. The van der Waals surface area contributed by atoms with Crippen LogP contribution in [0.25, 0.3) is 0 Å². The predicted octanol–water partition coefficient (Wildman–Crippen LogP) is 3.70. The zero-order valence-electron chi connectivity index (χ0n) is 13.8. The van der Waals surface area contributed by atoms with Crippen molar-refractivity contribution in [2.75, 3.05) is 0 Å². The fourth-order valence-corrected chi connectivity index (χ4v) is 4.35. The summed E-state index contributed by atoms with van der Waals surface area (Å²) >= 11 is 0. The Balaban J connectivity index is 3.12. The Morgan fingerprint density at radius 1 is 1.10 bits per heavy atom. The van der Waals surface area contributed by atoms with Crippen LogP contribution in [0.15, 0.2) is 29.2 Å². The monoisotopic (exact) mass is 312 g/mol. The lowest BCUT2D eigenvalue weighted by Crippen LogP contribution is -2.33. The van der Waals surface area contributed by atoms with Crippen molar-refractivity contribution in [3.63, 3.8) is 0 Å². The summed E-state index contributed by atoms with van der Waals surface area (Å²) < 4.78 is 25.4. The fraction of sp³-hybridized carbons (Fsp3) is 0.647. The molecule has 0 spiro atoms. The Morgan fingerprint density at radius 3 is 2.00 bits per heavy atom. The molecular weight excluding hydrogens is 284 g/mol. The molecule has 0 saturated carbocycles. The number of benzene rings is 1. The van der Waals surface area contributed by atoms with Gasteiger partial charge < -0.3 is 5.11 Å². The van der Waals surface area contributed by atoms with Crippen LogP contribution in [0.2, 0.25) is 0 Å². The first-order valence-corrected chi connectivity index (χ1v) is 9.21. The average Bonchev–Trinajstić information content (AvgIpc) is 2.38. The number of rotatable bonds is 6. The maximum atomic E-state index is 12.7. The second-order valence-corrected chi connectivity index (χ2v) is 8.79. The smallest absolute Gasteiger partial charge is 0.183 e. The van der Waals surface area contributed by atoms with Crippen LogP contribution in [0.1, 0.15) is 59.4 Å². The molecule has 0 bridgehead atoms. The number of aliphatic hydroxyl groups is 1. The van der Waals surface area contributed by atoms with E-state index in [-0.39, 0.29) is 5.41 Å². The summed E-state index contributed by atoms with van der Waals surface area (Å²) in [5.41, 5.74) is 1.09. The number of sulfone groups is 1. The molecule has 1 N–H and O–H groups in total. The van der Waals surface area contributed by atoms with Crippen molar-refractivity contribution in [1.82, 2.24) is 0 Å². The van der Waals surface area contributed by atoms with Crippen LogP contribution < -0.4 is 0 Å². The molecule has 0 heterocycles. The molecule has 120 valence electrons. The van der Waals surface area contributed by atoms with Crippen LogP contribution in [0.3, 0.4) is 0 Å². The van der Waals surface area contributed by atoms with Crippen molar-refractivity contribution in [3.05, 3.63) is 29.8 Å². The van der Waals surface area contributed by atoms with Crippen molar-refractivity contribution in [3.8, 4) is 0 Å². The first kappa shape index (κ1) is 18.2. The van der Waals surface area contributed by atoms with Crippen LogP contribution in [0.5, 0.6) is 0 Å². The highest BCUT2D eigenvalue weighted by Crippen LogP contribution is 2.27. The Hall–Kier alpha value is -0.870. The van der Waals surface area contributed by atoms with E-state index in [0.717, 1.165) is 12.0 Å². The lowest BCUT2D eigenvalue weighted by molar-refractivity contribution is 0.155. The van der Waals surface area contributed by atoms with E-state index in [2.05, 4.69) is 20.8 Å². The minimum absolute atomic E-state index is 0.00578. The minimum Gasteiger partial charge on any atom is -0.392 e. The maximum absolute atomic E-state index is 12.7. The molecule has 0 saturated heterocycles. The quantitative estimate of drug-likeness (QED) is 0.871. The summed E-state index contributed by atoms with van der Waals surface area (Å²) in [6.45, 7) is 10.0. The fourth-order valence-electron chi connectivity index (χ4n) is 2.50. The Morgan fingerprint density at radius 2 is 1.62 bits per heavy atom. The van der Waals surface area contributed by atoms with Crippen molar-refractivity contribution in [2.45, 2.75) is 75.5 Å². The molecule has 1 rings (SSSR count). The molecule has 0 radical (unpaired) electrons. The molecule has 1 aromatic rings. The second kappa shape index (κ2) is 6.93. The average molecular weight is 312 g/mol. The van der Waals surface area contributed by atoms with E-state index >= 15 is 0 Å². The van der Waals surface area contributed by atoms with Crippen LogP contribution in [0.4, 0.5) is 0 Å². The molecule has 0 aliphatic heterocycles. The minimum atomic E-state index is -3.48. The molecule has 0 aromatic heterocycles. The van der Waals surface area contributed by atoms with Crippen molar-refractivity contribution < 1.29 is 13.5 Å². The summed E-state index contributed by atoms with van der Waals surface area (Å²) in [4.78, 5) is 0.303. The normalized spacial score (nSPS) is 15.7. The highest BCUT2D eigenvalue weighted by Gasteiger charge is 2.32. The van der Waals surface area contributed by atoms with Gasteiger partial charge in [0.05, 0.1) is 16.2 Å². The number of aliphatic hydroxyl groups excluding tert-OH is 1. The molecule has 3 nitrogen and oxygen atoms in total. The van der Waals surface area contributed by atoms with Gasteiger partial charge >= 0.3 is 0 Å². The molecule has 0 aliphatic carbocycles. The first-order valence-electron chi connectivity index (χ1n) is 7.67. The SMILES string of the molecule is CCCC(O)C(CC)S(=O)(=O)c1ccc(C(C)(C)C)cc1. The number of hydrogen-bond acceptors (Lipinski definition) is 3. The standard InChI is InChI=1S/C17H28O3S/c1-6-8-15(18)16(7-2)21(19,20)14-11-9-13(10-12-14)17(3,4)5/h9-12,15-16,18H,6-8H2,1-5H3. The maximum Gasteiger partial charge on any atom is 0.183 e. The van der Waals surface area contributed by atoms with Crippen molar-refractivity contribution >= 4 is 9.84 Å². The molecule has 0 fully saturated rings. The molecule has 4 heteroatoms. The van der Waals surface area contributed by atoms with E-state index in [9.17, 15) is 13.5 Å². The van der Waals surface area contributed by atoms with E-state index in [1.807, 2.05) is 26.0 Å². The van der Waals surface area contributed by atoms with Crippen LogP contribution in [-0.4, -0.2) is 24.9 Å². The van der Waals surface area contributed by atoms with Gasteiger partial charge in [0, 0.05) is 0 Å². The molecule has 0 aliphatic rings. The Kier molecular flexibility index (Phi) is 6.00.